The molecule has 1 N–H and O–H groups in total. The Morgan fingerprint density at radius 1 is 1.53 bits per heavy atom. The van der Waals surface area contributed by atoms with Gasteiger partial charge in [0.05, 0.1) is 12.7 Å². The zero-order valence-corrected chi connectivity index (χ0v) is 11.7. The molecule has 1 aliphatic heterocycles. The second-order valence-corrected chi connectivity index (χ2v) is 5.47. The van der Waals surface area contributed by atoms with Gasteiger partial charge in [-0.2, -0.15) is 0 Å². The molecule has 94 valence electrons. The Labute approximate surface area is 110 Å². The predicted molar refractivity (Wildman–Crippen MR) is 69.2 cm³/mol. The van der Waals surface area contributed by atoms with Crippen molar-refractivity contribution in [1.82, 2.24) is 0 Å². The van der Waals surface area contributed by atoms with Crippen LogP contribution in [0.5, 0.6) is 5.75 Å². The third-order valence-electron chi connectivity index (χ3n) is 3.31. The van der Waals surface area contributed by atoms with E-state index in [1.807, 2.05) is 25.1 Å². The van der Waals surface area contributed by atoms with Crippen LogP contribution in [0.4, 0.5) is 0 Å². The van der Waals surface area contributed by atoms with Crippen molar-refractivity contribution in [2.24, 2.45) is 0 Å². The van der Waals surface area contributed by atoms with Crippen LogP contribution in [0.2, 0.25) is 0 Å². The summed E-state index contributed by atoms with van der Waals surface area (Å²) in [5.41, 5.74) is 0.264. The fourth-order valence-electron chi connectivity index (χ4n) is 2.26. The van der Waals surface area contributed by atoms with E-state index >= 15 is 0 Å². The highest BCUT2D eigenvalue weighted by Gasteiger charge is 2.39. The first-order valence-electron chi connectivity index (χ1n) is 5.72. The summed E-state index contributed by atoms with van der Waals surface area (Å²) < 4.78 is 11.9. The van der Waals surface area contributed by atoms with Gasteiger partial charge >= 0.3 is 0 Å². The third-order valence-corrected chi connectivity index (χ3v) is 3.81. The van der Waals surface area contributed by atoms with E-state index in [0.717, 1.165) is 22.9 Å². The van der Waals surface area contributed by atoms with Crippen LogP contribution in [0.3, 0.4) is 0 Å². The lowest BCUT2D eigenvalue weighted by Crippen LogP contribution is -2.32. The van der Waals surface area contributed by atoms with E-state index in [1.54, 1.807) is 7.11 Å². The van der Waals surface area contributed by atoms with E-state index in [2.05, 4.69) is 15.9 Å². The molecule has 0 aliphatic carbocycles. The molecule has 0 aromatic heterocycles. The van der Waals surface area contributed by atoms with Crippen LogP contribution in [0, 0.1) is 0 Å². The number of ether oxygens (including phenoxy) is 2. The van der Waals surface area contributed by atoms with Gasteiger partial charge in [0.25, 0.3) is 0 Å². The molecule has 0 bridgehead atoms. The molecule has 1 aromatic carbocycles. The summed E-state index contributed by atoms with van der Waals surface area (Å²) in [7, 11) is 1.61. The Balaban J connectivity index is 2.35. The minimum Gasteiger partial charge on any atom is -0.496 e. The van der Waals surface area contributed by atoms with Gasteiger partial charge in [0.1, 0.15) is 11.9 Å². The summed E-state index contributed by atoms with van der Waals surface area (Å²) in [6.45, 7) is 2.66. The van der Waals surface area contributed by atoms with Crippen molar-refractivity contribution in [2.75, 3.05) is 13.7 Å². The second kappa shape index (κ2) is 4.96. The van der Waals surface area contributed by atoms with Crippen LogP contribution >= 0.6 is 15.9 Å². The highest BCUT2D eigenvalue weighted by atomic mass is 79.9. The molecule has 1 aliphatic rings. The smallest absolute Gasteiger partial charge is 0.124 e. The maximum Gasteiger partial charge on any atom is 0.124 e. The zero-order valence-electron chi connectivity index (χ0n) is 10.1. The number of halogens is 1. The van der Waals surface area contributed by atoms with Gasteiger partial charge in [-0.1, -0.05) is 15.9 Å². The predicted octanol–water partition coefficient (Wildman–Crippen LogP) is 3.06. The van der Waals surface area contributed by atoms with Crippen LogP contribution in [0.25, 0.3) is 0 Å². The van der Waals surface area contributed by atoms with Crippen LogP contribution in [-0.2, 0) is 4.74 Å². The van der Waals surface area contributed by atoms with E-state index in [9.17, 15) is 5.11 Å². The Morgan fingerprint density at radius 3 is 2.88 bits per heavy atom. The molecule has 2 unspecified atom stereocenters. The topological polar surface area (TPSA) is 38.7 Å². The minimum absolute atomic E-state index is 0.506. The minimum atomic E-state index is -0.669. The van der Waals surface area contributed by atoms with E-state index in [-0.39, 0.29) is 0 Å². The standard InChI is InChI=1S/C13H17BrO3/c1-13(6-3-7-17-13)12(15)10-8-9(14)4-5-11(10)16-2/h4-5,8,12,15H,3,6-7H2,1-2H3. The van der Waals surface area contributed by atoms with Crippen molar-refractivity contribution in [3.8, 4) is 5.75 Å². The van der Waals surface area contributed by atoms with Crippen molar-refractivity contribution in [1.29, 1.82) is 0 Å². The monoisotopic (exact) mass is 300 g/mol. The molecule has 17 heavy (non-hydrogen) atoms. The van der Waals surface area contributed by atoms with Crippen LogP contribution < -0.4 is 4.74 Å². The molecule has 0 amide bonds. The third kappa shape index (κ3) is 2.49. The van der Waals surface area contributed by atoms with Gasteiger partial charge in [0.15, 0.2) is 0 Å². The Hall–Kier alpha value is -0.580. The maximum atomic E-state index is 10.5. The first-order valence-corrected chi connectivity index (χ1v) is 6.51. The summed E-state index contributed by atoms with van der Waals surface area (Å²) in [6, 6.07) is 5.63. The molecule has 2 atom stereocenters. The van der Waals surface area contributed by atoms with Gasteiger partial charge in [-0.05, 0) is 38.0 Å². The molecular weight excluding hydrogens is 284 g/mol. The number of aliphatic hydroxyl groups is 1. The molecule has 3 nitrogen and oxygen atoms in total. The van der Waals surface area contributed by atoms with Gasteiger partial charge in [-0.25, -0.2) is 0 Å². The van der Waals surface area contributed by atoms with E-state index < -0.39 is 11.7 Å². The van der Waals surface area contributed by atoms with Crippen LogP contribution in [-0.4, -0.2) is 24.4 Å². The summed E-state index contributed by atoms with van der Waals surface area (Å²) in [4.78, 5) is 0. The second-order valence-electron chi connectivity index (χ2n) is 4.55. The van der Waals surface area contributed by atoms with E-state index in [1.165, 1.54) is 0 Å². The number of hydrogen-bond donors (Lipinski definition) is 1. The molecule has 2 rings (SSSR count). The highest BCUT2D eigenvalue weighted by Crippen LogP contribution is 2.41. The first kappa shape index (κ1) is 12.9. The maximum absolute atomic E-state index is 10.5. The van der Waals surface area contributed by atoms with Gasteiger partial charge in [0.2, 0.25) is 0 Å². The SMILES string of the molecule is COc1ccc(Br)cc1C(O)C1(C)CCCO1. The van der Waals surface area contributed by atoms with E-state index in [4.69, 9.17) is 9.47 Å². The molecular formula is C13H17BrO3. The summed E-state index contributed by atoms with van der Waals surface area (Å²) >= 11 is 3.41. The molecule has 4 heteroatoms. The van der Waals surface area contributed by atoms with E-state index in [0.29, 0.717) is 12.4 Å². The van der Waals surface area contributed by atoms with Gasteiger partial charge in [-0.3, -0.25) is 0 Å². The average molecular weight is 301 g/mol. The summed E-state index contributed by atoms with van der Waals surface area (Å²) in [5, 5.41) is 10.5. The average Bonchev–Trinajstić information content (AvgIpc) is 2.76. The number of aliphatic hydroxyl groups excluding tert-OH is 1. The summed E-state index contributed by atoms with van der Waals surface area (Å²) in [5.74, 6) is 0.692. The number of methoxy groups -OCH3 is 1. The Bertz CT molecular complexity index is 400. The Morgan fingerprint density at radius 2 is 2.29 bits per heavy atom. The highest BCUT2D eigenvalue weighted by molar-refractivity contribution is 9.10. The number of benzene rings is 1. The van der Waals surface area contributed by atoms with Gasteiger partial charge in [-0.15, -0.1) is 0 Å². The molecule has 1 saturated heterocycles. The van der Waals surface area contributed by atoms with Crippen molar-refractivity contribution < 1.29 is 14.6 Å². The lowest BCUT2D eigenvalue weighted by molar-refractivity contribution is -0.0803. The van der Waals surface area contributed by atoms with Crippen molar-refractivity contribution >= 4 is 15.9 Å². The fraction of sp³-hybridized carbons (Fsp3) is 0.538. The zero-order chi connectivity index (χ0) is 12.5. The Kier molecular flexibility index (Phi) is 3.76. The van der Waals surface area contributed by atoms with Crippen LogP contribution in [0.15, 0.2) is 22.7 Å². The molecule has 1 heterocycles. The quantitative estimate of drug-likeness (QED) is 0.932. The molecule has 0 saturated carbocycles. The van der Waals surface area contributed by atoms with Crippen molar-refractivity contribution in [2.45, 2.75) is 31.5 Å². The lowest BCUT2D eigenvalue weighted by Gasteiger charge is -2.30. The molecule has 0 radical (unpaired) electrons. The summed E-state index contributed by atoms with van der Waals surface area (Å²) in [6.07, 6.45) is 1.19. The van der Waals surface area contributed by atoms with Crippen molar-refractivity contribution in [3.63, 3.8) is 0 Å². The molecule has 1 aromatic rings. The van der Waals surface area contributed by atoms with Crippen molar-refractivity contribution in [3.05, 3.63) is 28.2 Å². The fourth-order valence-corrected chi connectivity index (χ4v) is 2.64. The van der Waals surface area contributed by atoms with Crippen LogP contribution in [0.1, 0.15) is 31.4 Å². The first-order chi connectivity index (χ1) is 8.07. The normalized spacial score (nSPS) is 25.9. The van der Waals surface area contributed by atoms with Gasteiger partial charge in [0, 0.05) is 16.6 Å². The number of rotatable bonds is 3. The van der Waals surface area contributed by atoms with Gasteiger partial charge < -0.3 is 14.6 Å². The molecule has 0 spiro atoms. The molecule has 1 fully saturated rings. The largest absolute Gasteiger partial charge is 0.496 e. The lowest BCUT2D eigenvalue weighted by atomic mass is 9.90. The number of hydrogen-bond acceptors (Lipinski definition) is 3.